The maximum absolute atomic E-state index is 13.0. The van der Waals surface area contributed by atoms with Crippen LogP contribution in [-0.4, -0.2) is 53.4 Å². The van der Waals surface area contributed by atoms with Crippen molar-refractivity contribution in [3.8, 4) is 0 Å². The molecule has 1 nitrogen and oxygen atoms in total. The van der Waals surface area contributed by atoms with Gasteiger partial charge in [0.15, 0.2) is 6.17 Å². The first-order valence-electron chi connectivity index (χ1n) is 5.28. The number of hydrogen-bond acceptors (Lipinski definition) is 1. The van der Waals surface area contributed by atoms with Gasteiger partial charge in [-0.25, -0.2) is 22.0 Å². The molecule has 0 aromatic rings. The van der Waals surface area contributed by atoms with Crippen molar-refractivity contribution in [1.82, 2.24) is 0 Å². The molecule has 1 N–H and O–H groups in total. The summed E-state index contributed by atoms with van der Waals surface area (Å²) in [6, 6.07) is 0. The predicted molar refractivity (Wildman–Crippen MR) is 47.3 cm³/mol. The minimum atomic E-state index is -7.54. The Kier molecular flexibility index (Phi) is 5.60. The van der Waals surface area contributed by atoms with Crippen LogP contribution in [0.5, 0.6) is 0 Å². The summed E-state index contributed by atoms with van der Waals surface area (Å²) in [6.07, 6.45) is -15.0. The van der Waals surface area contributed by atoms with Crippen molar-refractivity contribution in [2.75, 3.05) is 0 Å². The Morgan fingerprint density at radius 1 is 0.652 bits per heavy atom. The zero-order chi connectivity index (χ0) is 19.2. The van der Waals surface area contributed by atoms with Gasteiger partial charge in [0.2, 0.25) is 6.17 Å². The molecule has 0 saturated carbocycles. The molecule has 23 heavy (non-hydrogen) atoms. The van der Waals surface area contributed by atoms with Gasteiger partial charge in [-0.2, -0.15) is 35.1 Å². The van der Waals surface area contributed by atoms with Gasteiger partial charge in [0, 0.05) is 0 Å². The number of aliphatic hydroxyl groups is 1. The second-order valence-electron chi connectivity index (χ2n) is 4.40. The Labute approximate surface area is 119 Å². The normalized spacial score (nSPS) is 20.3. The molecule has 0 spiro atoms. The van der Waals surface area contributed by atoms with E-state index in [1.54, 1.807) is 0 Å². The molecule has 0 rings (SSSR count). The van der Waals surface area contributed by atoms with Gasteiger partial charge >= 0.3 is 29.5 Å². The third-order valence-electron chi connectivity index (χ3n) is 2.71. The molecule has 140 valence electrons. The van der Waals surface area contributed by atoms with Crippen LogP contribution in [0, 0.1) is 0 Å². The van der Waals surface area contributed by atoms with Gasteiger partial charge in [-0.05, 0) is 6.92 Å². The molecule has 0 aromatic heterocycles. The van der Waals surface area contributed by atoms with Crippen LogP contribution in [0.2, 0.25) is 0 Å². The highest BCUT2D eigenvalue weighted by Crippen LogP contribution is 2.56. The number of halogens is 13. The van der Waals surface area contributed by atoms with E-state index < -0.39 is 55.2 Å². The molecule has 0 aliphatic carbocycles. The van der Waals surface area contributed by atoms with Gasteiger partial charge in [0.05, 0.1) is 0 Å². The van der Waals surface area contributed by atoms with E-state index in [1.165, 1.54) is 0 Å². The molecule has 0 aliphatic rings. The van der Waals surface area contributed by atoms with Gasteiger partial charge in [-0.3, -0.25) is 0 Å². The fourth-order valence-electron chi connectivity index (χ4n) is 1.19. The molecule has 0 aliphatic heterocycles. The van der Waals surface area contributed by atoms with Crippen molar-refractivity contribution in [2.24, 2.45) is 0 Å². The van der Waals surface area contributed by atoms with Gasteiger partial charge in [-0.15, -0.1) is 0 Å². The minimum absolute atomic E-state index is 0.431. The quantitative estimate of drug-likeness (QED) is 0.661. The lowest BCUT2D eigenvalue weighted by atomic mass is 9.91. The van der Waals surface area contributed by atoms with Gasteiger partial charge in [0.25, 0.3) is 6.43 Å². The lowest BCUT2D eigenvalue weighted by Crippen LogP contribution is -2.69. The molecular formula is C9H7F13O. The highest BCUT2D eigenvalue weighted by molar-refractivity contribution is 5.09. The average Bonchev–Trinajstić information content (AvgIpc) is 2.36. The van der Waals surface area contributed by atoms with Crippen molar-refractivity contribution in [3.63, 3.8) is 0 Å². The zero-order valence-electron chi connectivity index (χ0n) is 10.6. The largest absolute Gasteiger partial charge is 0.381 e. The van der Waals surface area contributed by atoms with Crippen LogP contribution in [-0.2, 0) is 0 Å². The Morgan fingerprint density at radius 3 is 1.22 bits per heavy atom. The lowest BCUT2D eigenvalue weighted by molar-refractivity contribution is -0.399. The van der Waals surface area contributed by atoms with E-state index in [-0.39, 0.29) is 0 Å². The molecule has 0 bridgehead atoms. The highest BCUT2D eigenvalue weighted by Gasteiger charge is 2.85. The summed E-state index contributed by atoms with van der Waals surface area (Å²) in [5.74, 6) is -34.7. The Morgan fingerprint density at radius 2 is 0.957 bits per heavy atom. The van der Waals surface area contributed by atoms with E-state index in [9.17, 15) is 57.1 Å². The first-order chi connectivity index (χ1) is 9.79. The average molecular weight is 378 g/mol. The maximum Gasteiger partial charge on any atom is 0.381 e. The van der Waals surface area contributed by atoms with E-state index in [4.69, 9.17) is 5.11 Å². The van der Waals surface area contributed by atoms with Gasteiger partial charge < -0.3 is 5.11 Å². The van der Waals surface area contributed by atoms with Crippen LogP contribution in [0.4, 0.5) is 57.1 Å². The first-order valence-corrected chi connectivity index (χ1v) is 5.28. The molecule has 0 fully saturated rings. The van der Waals surface area contributed by atoms with E-state index in [0.29, 0.717) is 0 Å². The van der Waals surface area contributed by atoms with Crippen LogP contribution in [0.3, 0.4) is 0 Å². The molecule has 3 unspecified atom stereocenters. The third-order valence-corrected chi connectivity index (χ3v) is 2.71. The molecule has 0 amide bonds. The van der Waals surface area contributed by atoms with Crippen LogP contribution in [0.25, 0.3) is 0 Å². The van der Waals surface area contributed by atoms with Crippen molar-refractivity contribution in [1.29, 1.82) is 0 Å². The van der Waals surface area contributed by atoms with Crippen LogP contribution in [0.1, 0.15) is 6.92 Å². The number of hydrogen-bond donors (Lipinski definition) is 1. The fraction of sp³-hybridized carbons (Fsp3) is 1.00. The summed E-state index contributed by atoms with van der Waals surface area (Å²) < 4.78 is 164. The summed E-state index contributed by atoms with van der Waals surface area (Å²) in [4.78, 5) is 0. The second-order valence-corrected chi connectivity index (χ2v) is 4.40. The number of rotatable bonds is 7. The third kappa shape index (κ3) is 3.05. The fourth-order valence-corrected chi connectivity index (χ4v) is 1.19. The summed E-state index contributed by atoms with van der Waals surface area (Å²) in [5, 5.41) is 8.03. The van der Waals surface area contributed by atoms with Crippen molar-refractivity contribution < 1.29 is 62.2 Å². The topological polar surface area (TPSA) is 20.2 Å². The van der Waals surface area contributed by atoms with Gasteiger partial charge in [-0.1, -0.05) is 0 Å². The van der Waals surface area contributed by atoms with E-state index >= 15 is 0 Å². The monoisotopic (exact) mass is 378 g/mol. The van der Waals surface area contributed by atoms with Crippen molar-refractivity contribution >= 4 is 0 Å². The molecule has 0 heterocycles. The molecule has 0 aromatic carbocycles. The highest BCUT2D eigenvalue weighted by atomic mass is 19.4. The molecule has 3 atom stereocenters. The van der Waals surface area contributed by atoms with Crippen LogP contribution in [0.15, 0.2) is 0 Å². The standard InChI is InChI=1S/C9H7F13O/c1-2(10)6(15,16)8(19,20)9(21,22)7(17,18)3(11)5(14,23)4(12)13/h2-4,23H,1H3. The lowest BCUT2D eigenvalue weighted by Gasteiger charge is -2.39. The Hall–Kier alpha value is -0.950. The van der Waals surface area contributed by atoms with E-state index in [0.717, 1.165) is 0 Å². The Bertz CT molecular complexity index is 416. The van der Waals surface area contributed by atoms with Crippen LogP contribution < -0.4 is 0 Å². The number of alkyl halides is 13. The smallest absolute Gasteiger partial charge is 0.355 e. The predicted octanol–water partition coefficient (Wildman–Crippen LogP) is 4.15. The zero-order valence-corrected chi connectivity index (χ0v) is 10.6. The minimum Gasteiger partial charge on any atom is -0.355 e. The van der Waals surface area contributed by atoms with Crippen molar-refractivity contribution in [3.05, 3.63) is 0 Å². The summed E-state index contributed by atoms with van der Waals surface area (Å²) in [7, 11) is 0. The second kappa shape index (κ2) is 5.84. The maximum atomic E-state index is 13.0. The molecule has 0 saturated heterocycles. The van der Waals surface area contributed by atoms with E-state index in [2.05, 4.69) is 0 Å². The summed E-state index contributed by atoms with van der Waals surface area (Å²) in [6.45, 7) is -0.431. The van der Waals surface area contributed by atoms with Crippen LogP contribution >= 0.6 is 0 Å². The van der Waals surface area contributed by atoms with E-state index in [1.807, 2.05) is 0 Å². The molecule has 14 heteroatoms. The summed E-state index contributed by atoms with van der Waals surface area (Å²) >= 11 is 0. The molecular weight excluding hydrogens is 371 g/mol. The van der Waals surface area contributed by atoms with Crippen molar-refractivity contribution in [2.45, 2.75) is 55.2 Å². The summed E-state index contributed by atoms with van der Waals surface area (Å²) in [5.41, 5.74) is 0. The van der Waals surface area contributed by atoms with Gasteiger partial charge in [0.1, 0.15) is 0 Å². The first kappa shape index (κ1) is 22.1. The molecule has 0 radical (unpaired) electrons. The Balaban J connectivity index is 6.08. The SMILES string of the molecule is CC(F)C(F)(F)C(F)(F)C(F)(F)C(F)(F)C(F)C(O)(F)C(F)F.